The number of nitrogens with zero attached hydrogens (tertiary/aromatic N) is 1. The van der Waals surface area contributed by atoms with Crippen LogP contribution in [0.25, 0.3) is 10.6 Å². The third-order valence-corrected chi connectivity index (χ3v) is 4.18. The number of carbonyl (C=O) groups excluding carboxylic acids is 1. The van der Waals surface area contributed by atoms with E-state index in [-0.39, 0.29) is 5.69 Å². The number of hydrogen-bond donors (Lipinski definition) is 0. The molecule has 8 heteroatoms. The van der Waals surface area contributed by atoms with Gasteiger partial charge in [0.05, 0.1) is 6.61 Å². The summed E-state index contributed by atoms with van der Waals surface area (Å²) in [5, 5.41) is 1.91. The van der Waals surface area contributed by atoms with Crippen molar-refractivity contribution in [1.82, 2.24) is 4.98 Å². The molecule has 0 aliphatic rings. The van der Waals surface area contributed by atoms with Gasteiger partial charge >= 0.3 is 12.1 Å². The first-order valence-electron chi connectivity index (χ1n) is 7.68. The van der Waals surface area contributed by atoms with Crippen LogP contribution in [0.4, 0.5) is 13.2 Å². The van der Waals surface area contributed by atoms with Crippen molar-refractivity contribution in [1.29, 1.82) is 0 Å². The van der Waals surface area contributed by atoms with Crippen molar-refractivity contribution in [3.05, 3.63) is 35.3 Å². The topological polar surface area (TPSA) is 48.4 Å². The summed E-state index contributed by atoms with van der Waals surface area (Å²) in [6.07, 6.45) is -6.77. The summed E-state index contributed by atoms with van der Waals surface area (Å²) in [7, 11) is 0. The number of benzene rings is 1. The van der Waals surface area contributed by atoms with Gasteiger partial charge in [0.1, 0.15) is 10.8 Å². The predicted molar refractivity (Wildman–Crippen MR) is 88.8 cm³/mol. The molecular weight excluding hydrogens is 355 g/mol. The van der Waals surface area contributed by atoms with E-state index in [1.807, 2.05) is 6.92 Å². The minimum atomic E-state index is -4.61. The van der Waals surface area contributed by atoms with Gasteiger partial charge in [0, 0.05) is 10.9 Å². The fourth-order valence-electron chi connectivity index (χ4n) is 2.12. The lowest BCUT2D eigenvalue weighted by Crippen LogP contribution is -2.38. The summed E-state index contributed by atoms with van der Waals surface area (Å²) in [5.74, 6) is -1.26. The minimum Gasteiger partial charge on any atom is -0.494 e. The monoisotopic (exact) mass is 373 g/mol. The lowest BCUT2D eigenvalue weighted by molar-refractivity contribution is -0.216. The van der Waals surface area contributed by atoms with Crippen LogP contribution in [-0.2, 0) is 4.74 Å². The Kier molecular flexibility index (Phi) is 6.05. The highest BCUT2D eigenvalue weighted by atomic mass is 32.1. The zero-order valence-corrected chi connectivity index (χ0v) is 14.8. The Labute approximate surface area is 147 Å². The van der Waals surface area contributed by atoms with Gasteiger partial charge < -0.3 is 9.47 Å². The highest BCUT2D eigenvalue weighted by Gasteiger charge is 2.45. The zero-order valence-electron chi connectivity index (χ0n) is 14.0. The number of hydrogen-bond acceptors (Lipinski definition) is 5. The Morgan fingerprint density at radius 3 is 2.40 bits per heavy atom. The molecule has 0 spiro atoms. The first-order chi connectivity index (χ1) is 11.7. The molecule has 2 rings (SSSR count). The van der Waals surface area contributed by atoms with Crippen LogP contribution in [0.5, 0.6) is 5.75 Å². The van der Waals surface area contributed by atoms with Crippen LogP contribution in [-0.4, -0.2) is 29.8 Å². The molecule has 0 amide bonds. The molecule has 0 aliphatic heterocycles. The second-order valence-corrected chi connectivity index (χ2v) is 6.46. The Hall–Kier alpha value is -2.09. The number of alkyl halides is 3. The van der Waals surface area contributed by atoms with Gasteiger partial charge in [-0.05, 0) is 37.1 Å². The SMILES string of the molecule is CCOc1ccc(-c2nc(C(=O)OC(C(C)C)C(F)(F)F)cs2)cc1. The predicted octanol–water partition coefficient (Wildman–Crippen LogP) is 4.95. The fraction of sp³-hybridized carbons (Fsp3) is 0.412. The molecule has 1 atom stereocenters. The first kappa shape index (κ1) is 19.2. The van der Waals surface area contributed by atoms with Crippen LogP contribution in [0.15, 0.2) is 29.6 Å². The first-order valence-corrected chi connectivity index (χ1v) is 8.56. The molecular formula is C17H18F3NO3S. The third kappa shape index (κ3) is 4.94. The maximum Gasteiger partial charge on any atom is 0.425 e. The van der Waals surface area contributed by atoms with Gasteiger partial charge in [0.25, 0.3) is 0 Å². The molecule has 0 N–H and O–H groups in total. The van der Waals surface area contributed by atoms with Crippen LogP contribution in [0.2, 0.25) is 0 Å². The van der Waals surface area contributed by atoms with Crippen molar-refractivity contribution in [2.75, 3.05) is 6.61 Å². The Morgan fingerprint density at radius 1 is 1.24 bits per heavy atom. The summed E-state index contributed by atoms with van der Waals surface area (Å²) in [4.78, 5) is 16.1. The van der Waals surface area contributed by atoms with E-state index in [1.165, 1.54) is 19.2 Å². The molecule has 4 nitrogen and oxygen atoms in total. The van der Waals surface area contributed by atoms with Crippen molar-refractivity contribution in [2.45, 2.75) is 33.1 Å². The molecule has 1 unspecified atom stereocenters. The highest BCUT2D eigenvalue weighted by Crippen LogP contribution is 2.30. The average Bonchev–Trinajstić information content (AvgIpc) is 3.02. The fourth-order valence-corrected chi connectivity index (χ4v) is 2.91. The second-order valence-electron chi connectivity index (χ2n) is 5.61. The molecule has 0 aliphatic carbocycles. The van der Waals surface area contributed by atoms with Crippen molar-refractivity contribution in [2.24, 2.45) is 5.92 Å². The zero-order chi connectivity index (χ0) is 18.6. The number of carbonyl (C=O) groups is 1. The second kappa shape index (κ2) is 7.86. The van der Waals surface area contributed by atoms with Gasteiger partial charge in [-0.2, -0.15) is 13.2 Å². The van der Waals surface area contributed by atoms with Crippen LogP contribution in [0.1, 0.15) is 31.3 Å². The molecule has 1 aromatic heterocycles. The molecule has 1 aromatic carbocycles. The van der Waals surface area contributed by atoms with Gasteiger partial charge in [0.15, 0.2) is 11.8 Å². The van der Waals surface area contributed by atoms with E-state index < -0.39 is 24.2 Å². The lowest BCUT2D eigenvalue weighted by atomic mass is 10.1. The van der Waals surface area contributed by atoms with Crippen molar-refractivity contribution in [3.8, 4) is 16.3 Å². The largest absolute Gasteiger partial charge is 0.494 e. The number of aromatic nitrogens is 1. The van der Waals surface area contributed by atoms with E-state index in [9.17, 15) is 18.0 Å². The van der Waals surface area contributed by atoms with E-state index >= 15 is 0 Å². The number of thiazole rings is 1. The summed E-state index contributed by atoms with van der Waals surface area (Å²) >= 11 is 1.16. The number of rotatable bonds is 6. The molecule has 2 aromatic rings. The maximum absolute atomic E-state index is 12.9. The molecule has 0 radical (unpaired) electrons. The van der Waals surface area contributed by atoms with Gasteiger partial charge in [-0.25, -0.2) is 9.78 Å². The van der Waals surface area contributed by atoms with Crippen LogP contribution in [0, 0.1) is 5.92 Å². The van der Waals surface area contributed by atoms with E-state index in [0.29, 0.717) is 17.4 Å². The van der Waals surface area contributed by atoms with Gasteiger partial charge in [-0.15, -0.1) is 11.3 Å². The highest BCUT2D eigenvalue weighted by molar-refractivity contribution is 7.13. The molecule has 1 heterocycles. The average molecular weight is 373 g/mol. The number of halogens is 3. The smallest absolute Gasteiger partial charge is 0.425 e. The van der Waals surface area contributed by atoms with Gasteiger partial charge in [0.2, 0.25) is 0 Å². The minimum absolute atomic E-state index is 0.135. The van der Waals surface area contributed by atoms with Crippen molar-refractivity contribution < 1.29 is 27.4 Å². The molecule has 136 valence electrons. The lowest BCUT2D eigenvalue weighted by Gasteiger charge is -2.23. The van der Waals surface area contributed by atoms with Crippen LogP contribution < -0.4 is 4.74 Å². The number of ether oxygens (including phenoxy) is 2. The molecule has 25 heavy (non-hydrogen) atoms. The summed E-state index contributed by atoms with van der Waals surface area (Å²) in [6, 6.07) is 7.06. The van der Waals surface area contributed by atoms with Crippen LogP contribution >= 0.6 is 11.3 Å². The molecule has 0 fully saturated rings. The Balaban J connectivity index is 2.13. The molecule has 0 bridgehead atoms. The van der Waals surface area contributed by atoms with E-state index in [2.05, 4.69) is 9.72 Å². The summed E-state index contributed by atoms with van der Waals surface area (Å²) < 4.78 is 48.7. The maximum atomic E-state index is 12.9. The van der Waals surface area contributed by atoms with E-state index in [1.54, 1.807) is 24.3 Å². The van der Waals surface area contributed by atoms with Crippen LogP contribution in [0.3, 0.4) is 0 Å². The molecule has 0 saturated heterocycles. The molecule has 0 saturated carbocycles. The Morgan fingerprint density at radius 2 is 1.88 bits per heavy atom. The summed E-state index contributed by atoms with van der Waals surface area (Å²) in [6.45, 7) is 5.11. The summed E-state index contributed by atoms with van der Waals surface area (Å²) in [5.41, 5.74) is 0.604. The standard InChI is InChI=1S/C17H18F3NO3S/c1-4-23-12-7-5-11(6-8-12)15-21-13(9-25-15)16(22)24-14(10(2)3)17(18,19)20/h5-10,14H,4H2,1-3H3. The van der Waals surface area contributed by atoms with Gasteiger partial charge in [-0.3, -0.25) is 0 Å². The van der Waals surface area contributed by atoms with Crippen molar-refractivity contribution >= 4 is 17.3 Å². The van der Waals surface area contributed by atoms with E-state index in [0.717, 1.165) is 16.9 Å². The third-order valence-electron chi connectivity index (χ3n) is 3.29. The Bertz CT molecular complexity index is 711. The normalized spacial score (nSPS) is 12.9. The quantitative estimate of drug-likeness (QED) is 0.672. The number of esters is 1. The van der Waals surface area contributed by atoms with E-state index in [4.69, 9.17) is 4.74 Å². The van der Waals surface area contributed by atoms with Crippen molar-refractivity contribution in [3.63, 3.8) is 0 Å². The van der Waals surface area contributed by atoms with Gasteiger partial charge in [-0.1, -0.05) is 13.8 Å².